The number of nitrogens with zero attached hydrogens (tertiary/aromatic N) is 1. The third-order valence-electron chi connectivity index (χ3n) is 4.65. The standard InChI is InChI=1S/C16H19FN2O3/c1-16(14(20)21)5-6-19(9-16)15(22)18-13-8-12(13)10-3-2-4-11(17)7-10/h2-4,7,12-13H,5-6,8-9H2,1H3,(H,18,22)(H,20,21)/t12-,13+,16?/m0/s1. The van der Waals surface area contributed by atoms with Gasteiger partial charge in [0, 0.05) is 25.0 Å². The van der Waals surface area contributed by atoms with Crippen molar-refractivity contribution in [2.45, 2.75) is 31.7 Å². The van der Waals surface area contributed by atoms with Gasteiger partial charge in [0.2, 0.25) is 0 Å². The number of urea groups is 1. The van der Waals surface area contributed by atoms with E-state index in [9.17, 15) is 19.1 Å². The van der Waals surface area contributed by atoms with Crippen molar-refractivity contribution in [3.8, 4) is 0 Å². The Morgan fingerprint density at radius 1 is 1.45 bits per heavy atom. The third kappa shape index (κ3) is 2.77. The highest BCUT2D eigenvalue weighted by atomic mass is 19.1. The molecule has 22 heavy (non-hydrogen) atoms. The zero-order chi connectivity index (χ0) is 15.9. The van der Waals surface area contributed by atoms with Gasteiger partial charge in [-0.05, 0) is 37.5 Å². The van der Waals surface area contributed by atoms with Crippen molar-refractivity contribution in [2.75, 3.05) is 13.1 Å². The van der Waals surface area contributed by atoms with E-state index in [1.807, 2.05) is 6.07 Å². The van der Waals surface area contributed by atoms with Gasteiger partial charge in [-0.1, -0.05) is 12.1 Å². The molecule has 3 rings (SSSR count). The molecule has 2 aliphatic rings. The van der Waals surface area contributed by atoms with Crippen molar-refractivity contribution in [3.63, 3.8) is 0 Å². The Kier molecular flexibility index (Phi) is 3.54. The van der Waals surface area contributed by atoms with E-state index in [2.05, 4.69) is 5.32 Å². The van der Waals surface area contributed by atoms with Crippen LogP contribution < -0.4 is 5.32 Å². The molecular formula is C16H19FN2O3. The summed E-state index contributed by atoms with van der Waals surface area (Å²) in [4.78, 5) is 24.9. The van der Waals surface area contributed by atoms with Crippen LogP contribution in [0, 0.1) is 11.2 Å². The molecule has 1 heterocycles. The summed E-state index contributed by atoms with van der Waals surface area (Å²) in [6.07, 6.45) is 1.26. The Morgan fingerprint density at radius 3 is 2.86 bits per heavy atom. The van der Waals surface area contributed by atoms with Crippen LogP contribution in [-0.2, 0) is 4.79 Å². The van der Waals surface area contributed by atoms with Gasteiger partial charge in [-0.15, -0.1) is 0 Å². The second-order valence-corrected chi connectivity index (χ2v) is 6.49. The first-order chi connectivity index (χ1) is 10.4. The third-order valence-corrected chi connectivity index (χ3v) is 4.65. The number of carboxylic acids is 1. The molecule has 1 aliphatic heterocycles. The second-order valence-electron chi connectivity index (χ2n) is 6.49. The molecule has 0 spiro atoms. The maximum Gasteiger partial charge on any atom is 0.317 e. The number of likely N-dealkylation sites (tertiary alicyclic amines) is 1. The highest BCUT2D eigenvalue weighted by molar-refractivity contribution is 5.80. The highest BCUT2D eigenvalue weighted by Gasteiger charge is 2.45. The Labute approximate surface area is 128 Å². The van der Waals surface area contributed by atoms with Gasteiger partial charge in [0.1, 0.15) is 5.82 Å². The Balaban J connectivity index is 1.55. The maximum atomic E-state index is 13.2. The monoisotopic (exact) mass is 306 g/mol. The predicted molar refractivity (Wildman–Crippen MR) is 78.0 cm³/mol. The van der Waals surface area contributed by atoms with Gasteiger partial charge in [-0.3, -0.25) is 4.79 Å². The van der Waals surface area contributed by atoms with E-state index in [0.717, 1.165) is 12.0 Å². The number of rotatable bonds is 3. The number of carboxylic acid groups (broad SMARTS) is 1. The van der Waals surface area contributed by atoms with Crippen LogP contribution in [0.5, 0.6) is 0 Å². The van der Waals surface area contributed by atoms with E-state index < -0.39 is 11.4 Å². The zero-order valence-corrected chi connectivity index (χ0v) is 12.4. The minimum absolute atomic E-state index is 0.00554. The molecule has 1 aromatic rings. The number of hydrogen-bond acceptors (Lipinski definition) is 2. The van der Waals surface area contributed by atoms with Crippen LogP contribution in [0.4, 0.5) is 9.18 Å². The normalized spacial score (nSPS) is 30.2. The quantitative estimate of drug-likeness (QED) is 0.899. The number of carbonyl (C=O) groups is 2. The van der Waals surface area contributed by atoms with Crippen molar-refractivity contribution >= 4 is 12.0 Å². The van der Waals surface area contributed by atoms with E-state index in [1.165, 1.54) is 12.1 Å². The second kappa shape index (κ2) is 5.26. The SMILES string of the molecule is CC1(C(=O)O)CCN(C(=O)N[C@@H]2C[C@H]2c2cccc(F)c2)C1. The summed E-state index contributed by atoms with van der Waals surface area (Å²) in [6.45, 7) is 2.34. The van der Waals surface area contributed by atoms with E-state index in [4.69, 9.17) is 0 Å². The molecule has 0 aromatic heterocycles. The lowest BCUT2D eigenvalue weighted by atomic mass is 9.90. The van der Waals surface area contributed by atoms with Crippen molar-refractivity contribution in [2.24, 2.45) is 5.41 Å². The average Bonchev–Trinajstić information content (AvgIpc) is 3.10. The minimum atomic E-state index is -0.869. The molecule has 1 aliphatic carbocycles. The first-order valence-corrected chi connectivity index (χ1v) is 7.43. The van der Waals surface area contributed by atoms with Crippen LogP contribution in [0.1, 0.15) is 31.2 Å². The van der Waals surface area contributed by atoms with Crippen LogP contribution in [0.15, 0.2) is 24.3 Å². The zero-order valence-electron chi connectivity index (χ0n) is 12.4. The number of halogens is 1. The molecule has 1 aromatic carbocycles. The summed E-state index contributed by atoms with van der Waals surface area (Å²) >= 11 is 0. The molecule has 2 N–H and O–H groups in total. The van der Waals surface area contributed by atoms with Crippen LogP contribution in [0.25, 0.3) is 0 Å². The van der Waals surface area contributed by atoms with E-state index in [0.29, 0.717) is 13.0 Å². The number of hydrogen-bond donors (Lipinski definition) is 2. The van der Waals surface area contributed by atoms with Crippen molar-refractivity contribution < 1.29 is 19.1 Å². The fraction of sp³-hybridized carbons (Fsp3) is 0.500. The van der Waals surface area contributed by atoms with Crippen LogP contribution in [0.3, 0.4) is 0 Å². The molecule has 2 fully saturated rings. The smallest absolute Gasteiger partial charge is 0.317 e. The fourth-order valence-electron chi connectivity index (χ4n) is 3.02. The van der Waals surface area contributed by atoms with Crippen molar-refractivity contribution in [1.82, 2.24) is 10.2 Å². The first kappa shape index (κ1) is 14.8. The summed E-state index contributed by atoms with van der Waals surface area (Å²) in [5.74, 6) is -0.994. The summed E-state index contributed by atoms with van der Waals surface area (Å²) in [7, 11) is 0. The number of aliphatic carboxylic acids is 1. The molecule has 0 bridgehead atoms. The summed E-state index contributed by atoms with van der Waals surface area (Å²) in [6, 6.07) is 6.20. The Hall–Kier alpha value is -2.11. The van der Waals surface area contributed by atoms with Gasteiger partial charge in [0.05, 0.1) is 5.41 Å². The largest absolute Gasteiger partial charge is 0.481 e. The lowest BCUT2D eigenvalue weighted by molar-refractivity contribution is -0.146. The number of amides is 2. The van der Waals surface area contributed by atoms with E-state index in [1.54, 1.807) is 17.9 Å². The van der Waals surface area contributed by atoms with Crippen molar-refractivity contribution in [1.29, 1.82) is 0 Å². The molecule has 5 nitrogen and oxygen atoms in total. The number of benzene rings is 1. The highest BCUT2D eigenvalue weighted by Crippen LogP contribution is 2.41. The summed E-state index contributed by atoms with van der Waals surface area (Å²) < 4.78 is 13.2. The average molecular weight is 306 g/mol. The van der Waals surface area contributed by atoms with Gasteiger partial charge in [-0.25, -0.2) is 9.18 Å². The van der Waals surface area contributed by atoms with Gasteiger partial charge < -0.3 is 15.3 Å². The molecule has 0 radical (unpaired) electrons. The van der Waals surface area contributed by atoms with E-state index >= 15 is 0 Å². The molecule has 3 atom stereocenters. The summed E-state index contributed by atoms with van der Waals surface area (Å²) in [5, 5.41) is 12.1. The maximum absolute atomic E-state index is 13.2. The Morgan fingerprint density at radius 2 is 2.23 bits per heavy atom. The lowest BCUT2D eigenvalue weighted by Gasteiger charge is -2.20. The molecule has 2 amide bonds. The van der Waals surface area contributed by atoms with E-state index in [-0.39, 0.29) is 30.4 Å². The molecular weight excluding hydrogens is 287 g/mol. The topological polar surface area (TPSA) is 69.6 Å². The lowest BCUT2D eigenvalue weighted by Crippen LogP contribution is -2.42. The van der Waals surface area contributed by atoms with Gasteiger partial charge in [0.25, 0.3) is 0 Å². The van der Waals surface area contributed by atoms with Crippen LogP contribution in [0.2, 0.25) is 0 Å². The van der Waals surface area contributed by atoms with Gasteiger partial charge in [-0.2, -0.15) is 0 Å². The molecule has 6 heteroatoms. The minimum Gasteiger partial charge on any atom is -0.481 e. The molecule has 1 unspecified atom stereocenters. The molecule has 1 saturated heterocycles. The number of nitrogens with one attached hydrogen (secondary N) is 1. The molecule has 1 saturated carbocycles. The summed E-state index contributed by atoms with van der Waals surface area (Å²) in [5.41, 5.74) is 0.0325. The fourth-order valence-corrected chi connectivity index (χ4v) is 3.02. The van der Waals surface area contributed by atoms with Gasteiger partial charge in [0.15, 0.2) is 0 Å². The first-order valence-electron chi connectivity index (χ1n) is 7.43. The predicted octanol–water partition coefficient (Wildman–Crippen LogP) is 2.19. The van der Waals surface area contributed by atoms with Crippen LogP contribution in [-0.4, -0.2) is 41.1 Å². The van der Waals surface area contributed by atoms with Gasteiger partial charge >= 0.3 is 12.0 Å². The molecule has 118 valence electrons. The number of carbonyl (C=O) groups excluding carboxylic acids is 1. The Bertz CT molecular complexity index is 621. The van der Waals surface area contributed by atoms with Crippen LogP contribution >= 0.6 is 0 Å². The van der Waals surface area contributed by atoms with Crippen molar-refractivity contribution in [3.05, 3.63) is 35.6 Å².